The molecule has 2 unspecified atom stereocenters. The van der Waals surface area contributed by atoms with Crippen molar-refractivity contribution < 1.29 is 9.53 Å². The lowest BCUT2D eigenvalue weighted by Crippen LogP contribution is -2.34. The topological polar surface area (TPSA) is 41.6 Å². The molecule has 1 aliphatic rings. The molecular formula is C24H32N2O2. The van der Waals surface area contributed by atoms with Gasteiger partial charge in [0.2, 0.25) is 0 Å². The number of ether oxygens (including phenoxy) is 1. The van der Waals surface area contributed by atoms with E-state index in [0.717, 1.165) is 36.7 Å². The molecule has 4 nitrogen and oxygen atoms in total. The lowest BCUT2D eigenvalue weighted by atomic mass is 9.99. The highest BCUT2D eigenvalue weighted by Crippen LogP contribution is 2.25. The highest BCUT2D eigenvalue weighted by Gasteiger charge is 2.17. The van der Waals surface area contributed by atoms with Crippen LogP contribution in [-0.2, 0) is 0 Å². The van der Waals surface area contributed by atoms with Gasteiger partial charge in [-0.2, -0.15) is 0 Å². The molecule has 0 aliphatic carbocycles. The molecule has 1 heterocycles. The van der Waals surface area contributed by atoms with E-state index in [4.69, 9.17) is 4.74 Å². The third kappa shape index (κ3) is 5.28. The van der Waals surface area contributed by atoms with E-state index in [-0.39, 0.29) is 11.9 Å². The molecule has 1 aliphatic heterocycles. The molecule has 0 saturated carbocycles. The van der Waals surface area contributed by atoms with Crippen molar-refractivity contribution in [1.29, 1.82) is 0 Å². The van der Waals surface area contributed by atoms with Crippen LogP contribution in [0.4, 0.5) is 5.69 Å². The van der Waals surface area contributed by atoms with E-state index >= 15 is 0 Å². The first kappa shape index (κ1) is 20.2. The summed E-state index contributed by atoms with van der Waals surface area (Å²) in [6, 6.07) is 15.9. The van der Waals surface area contributed by atoms with Gasteiger partial charge in [-0.15, -0.1) is 0 Å². The number of hydrogen-bond donors (Lipinski definition) is 1. The number of nitrogens with zero attached hydrogens (tertiary/aromatic N) is 1. The summed E-state index contributed by atoms with van der Waals surface area (Å²) >= 11 is 0. The smallest absolute Gasteiger partial charge is 0.251 e. The van der Waals surface area contributed by atoms with Crippen LogP contribution in [0.1, 0.15) is 62.0 Å². The SMILES string of the molecule is CCCOc1ccc(C(=O)NC(C)c2ccc(N3CCCC(C)C3)cc2)cc1. The van der Waals surface area contributed by atoms with Crippen molar-refractivity contribution >= 4 is 11.6 Å². The number of hydrogen-bond acceptors (Lipinski definition) is 3. The van der Waals surface area contributed by atoms with Gasteiger partial charge in [-0.1, -0.05) is 26.0 Å². The Balaban J connectivity index is 1.57. The van der Waals surface area contributed by atoms with E-state index in [1.165, 1.54) is 18.5 Å². The van der Waals surface area contributed by atoms with Crippen LogP contribution in [0.3, 0.4) is 0 Å². The molecule has 0 aromatic heterocycles. The Morgan fingerprint density at radius 3 is 2.54 bits per heavy atom. The summed E-state index contributed by atoms with van der Waals surface area (Å²) in [6.45, 7) is 9.37. The zero-order valence-corrected chi connectivity index (χ0v) is 17.3. The molecule has 1 amide bonds. The third-order valence-corrected chi connectivity index (χ3v) is 5.35. The van der Waals surface area contributed by atoms with Crippen molar-refractivity contribution in [2.75, 3.05) is 24.6 Å². The van der Waals surface area contributed by atoms with Gasteiger partial charge in [-0.05, 0) is 74.1 Å². The number of rotatable bonds is 7. The highest BCUT2D eigenvalue weighted by atomic mass is 16.5. The van der Waals surface area contributed by atoms with E-state index < -0.39 is 0 Å². The first-order valence-corrected chi connectivity index (χ1v) is 10.5. The van der Waals surface area contributed by atoms with E-state index in [2.05, 4.69) is 48.3 Å². The predicted molar refractivity (Wildman–Crippen MR) is 115 cm³/mol. The minimum atomic E-state index is -0.0662. The maximum atomic E-state index is 12.5. The Kier molecular flexibility index (Phi) is 6.96. The normalized spacial score (nSPS) is 17.8. The second kappa shape index (κ2) is 9.63. The van der Waals surface area contributed by atoms with E-state index in [1.807, 2.05) is 31.2 Å². The number of anilines is 1. The van der Waals surface area contributed by atoms with Crippen molar-refractivity contribution in [3.05, 3.63) is 59.7 Å². The summed E-state index contributed by atoms with van der Waals surface area (Å²) in [7, 11) is 0. The Hall–Kier alpha value is -2.49. The summed E-state index contributed by atoms with van der Waals surface area (Å²) in [5.74, 6) is 1.49. The van der Waals surface area contributed by atoms with Gasteiger partial charge in [0.15, 0.2) is 0 Å². The number of piperidine rings is 1. The van der Waals surface area contributed by atoms with Gasteiger partial charge in [-0.25, -0.2) is 0 Å². The number of carbonyl (C=O) groups excluding carboxylic acids is 1. The molecule has 1 N–H and O–H groups in total. The third-order valence-electron chi connectivity index (χ3n) is 5.35. The lowest BCUT2D eigenvalue weighted by molar-refractivity contribution is 0.0940. The first-order valence-electron chi connectivity index (χ1n) is 10.5. The molecule has 150 valence electrons. The van der Waals surface area contributed by atoms with Crippen LogP contribution < -0.4 is 15.0 Å². The van der Waals surface area contributed by atoms with E-state index in [0.29, 0.717) is 12.2 Å². The molecule has 28 heavy (non-hydrogen) atoms. The van der Waals surface area contributed by atoms with Crippen molar-refractivity contribution in [2.45, 2.75) is 46.1 Å². The Morgan fingerprint density at radius 2 is 1.89 bits per heavy atom. The fourth-order valence-corrected chi connectivity index (χ4v) is 3.68. The van der Waals surface area contributed by atoms with Gasteiger partial charge in [0.25, 0.3) is 5.91 Å². The van der Waals surface area contributed by atoms with Gasteiger partial charge in [0.1, 0.15) is 5.75 Å². The molecule has 0 bridgehead atoms. The molecule has 4 heteroatoms. The zero-order valence-electron chi connectivity index (χ0n) is 17.3. The van der Waals surface area contributed by atoms with Gasteiger partial charge in [-0.3, -0.25) is 4.79 Å². The summed E-state index contributed by atoms with van der Waals surface area (Å²) in [4.78, 5) is 15.0. The van der Waals surface area contributed by atoms with Gasteiger partial charge < -0.3 is 15.0 Å². The van der Waals surface area contributed by atoms with Crippen LogP contribution in [0.5, 0.6) is 5.75 Å². The van der Waals surface area contributed by atoms with Crippen molar-refractivity contribution in [3.8, 4) is 5.75 Å². The van der Waals surface area contributed by atoms with E-state index in [9.17, 15) is 4.79 Å². The highest BCUT2D eigenvalue weighted by molar-refractivity contribution is 5.94. The van der Waals surface area contributed by atoms with Crippen LogP contribution >= 0.6 is 0 Å². The lowest BCUT2D eigenvalue weighted by Gasteiger charge is -2.33. The molecule has 2 aromatic rings. The quantitative estimate of drug-likeness (QED) is 0.717. The molecule has 3 rings (SSSR count). The van der Waals surface area contributed by atoms with Crippen molar-refractivity contribution in [2.24, 2.45) is 5.92 Å². The minimum Gasteiger partial charge on any atom is -0.494 e. The Morgan fingerprint density at radius 1 is 1.18 bits per heavy atom. The monoisotopic (exact) mass is 380 g/mol. The van der Waals surface area contributed by atoms with Crippen LogP contribution in [0.15, 0.2) is 48.5 Å². The standard InChI is InChI=1S/C24H32N2O2/c1-4-16-28-23-13-9-21(10-14-23)24(27)25-19(3)20-7-11-22(12-8-20)26-15-5-6-18(2)17-26/h7-14,18-19H,4-6,15-17H2,1-3H3,(H,25,27). The van der Waals surface area contributed by atoms with Crippen LogP contribution in [0.2, 0.25) is 0 Å². The van der Waals surface area contributed by atoms with E-state index in [1.54, 1.807) is 0 Å². The van der Waals surface area contributed by atoms with Gasteiger partial charge in [0, 0.05) is 24.3 Å². The van der Waals surface area contributed by atoms with Gasteiger partial charge in [0.05, 0.1) is 12.6 Å². The molecule has 2 aromatic carbocycles. The molecular weight excluding hydrogens is 348 g/mol. The molecule has 1 saturated heterocycles. The number of nitrogens with one attached hydrogen (secondary N) is 1. The zero-order chi connectivity index (χ0) is 19.9. The van der Waals surface area contributed by atoms with Crippen LogP contribution in [-0.4, -0.2) is 25.6 Å². The average molecular weight is 381 g/mol. The first-order chi connectivity index (χ1) is 13.6. The van der Waals surface area contributed by atoms with Crippen LogP contribution in [0.25, 0.3) is 0 Å². The second-order valence-electron chi connectivity index (χ2n) is 7.85. The molecule has 0 spiro atoms. The summed E-state index contributed by atoms with van der Waals surface area (Å²) in [6.07, 6.45) is 3.55. The Labute approximate surface area is 168 Å². The molecule has 0 radical (unpaired) electrons. The number of carbonyl (C=O) groups is 1. The maximum Gasteiger partial charge on any atom is 0.251 e. The fourth-order valence-electron chi connectivity index (χ4n) is 3.68. The summed E-state index contributed by atoms with van der Waals surface area (Å²) < 4.78 is 5.57. The number of benzene rings is 2. The fraction of sp³-hybridized carbons (Fsp3) is 0.458. The summed E-state index contributed by atoms with van der Waals surface area (Å²) in [5, 5.41) is 3.09. The Bertz CT molecular complexity index is 755. The van der Waals surface area contributed by atoms with Crippen molar-refractivity contribution in [1.82, 2.24) is 5.32 Å². The van der Waals surface area contributed by atoms with Gasteiger partial charge >= 0.3 is 0 Å². The average Bonchev–Trinajstić information content (AvgIpc) is 2.72. The second-order valence-corrected chi connectivity index (χ2v) is 7.85. The maximum absolute atomic E-state index is 12.5. The predicted octanol–water partition coefficient (Wildman–Crippen LogP) is 5.20. The summed E-state index contributed by atoms with van der Waals surface area (Å²) in [5.41, 5.74) is 3.04. The number of amides is 1. The minimum absolute atomic E-state index is 0.0437. The van der Waals surface area contributed by atoms with Crippen molar-refractivity contribution in [3.63, 3.8) is 0 Å². The van der Waals surface area contributed by atoms with Crippen LogP contribution in [0, 0.1) is 5.92 Å². The largest absolute Gasteiger partial charge is 0.494 e. The molecule has 2 atom stereocenters. The molecule has 1 fully saturated rings.